The second-order valence-corrected chi connectivity index (χ2v) is 9.75. The summed E-state index contributed by atoms with van der Waals surface area (Å²) in [4.78, 5) is 26.7. The highest BCUT2D eigenvalue weighted by molar-refractivity contribution is 9.10. The third-order valence-electron chi connectivity index (χ3n) is 7.83. The Kier molecular flexibility index (Phi) is 3.40. The molecule has 0 spiro atoms. The number of hydrogen-bond acceptors (Lipinski definition) is 2. The zero-order valence-electron chi connectivity index (χ0n) is 14.2. The van der Waals surface area contributed by atoms with Crippen LogP contribution in [-0.2, 0) is 9.59 Å². The summed E-state index contributed by atoms with van der Waals surface area (Å²) >= 11 is 3.63. The summed E-state index contributed by atoms with van der Waals surface area (Å²) in [6.45, 7) is 4.55. The second-order valence-electron chi connectivity index (χ2n) is 8.64. The van der Waals surface area contributed by atoms with Crippen LogP contribution in [0.3, 0.4) is 0 Å². The van der Waals surface area contributed by atoms with Gasteiger partial charge in [0.05, 0.1) is 4.83 Å². The fourth-order valence-electron chi connectivity index (χ4n) is 6.49. The molecule has 7 atom stereocenters. The van der Waals surface area contributed by atoms with Crippen LogP contribution in [0, 0.1) is 28.6 Å². The summed E-state index contributed by atoms with van der Waals surface area (Å²) in [7, 11) is 1.95. The van der Waals surface area contributed by atoms with Crippen LogP contribution < -0.4 is 0 Å². The number of rotatable bonds is 0. The molecule has 0 N–H and O–H groups in total. The van der Waals surface area contributed by atoms with Gasteiger partial charge in [0.15, 0.2) is 5.78 Å². The predicted molar refractivity (Wildman–Crippen MR) is 93.2 cm³/mol. The monoisotopic (exact) mass is 379 g/mol. The number of carbonyl (C=O) groups excluding carboxylic acids is 2. The molecule has 4 rings (SSSR count). The number of carbonyl (C=O) groups is 2. The van der Waals surface area contributed by atoms with Crippen molar-refractivity contribution in [3.63, 3.8) is 0 Å². The minimum Gasteiger partial charge on any atom is -0.338 e. The summed E-state index contributed by atoms with van der Waals surface area (Å²) < 4.78 is 0. The molecule has 0 aromatic rings. The minimum absolute atomic E-state index is 0.0490. The molecule has 3 saturated carbocycles. The molecule has 1 aliphatic heterocycles. The van der Waals surface area contributed by atoms with Crippen molar-refractivity contribution in [1.29, 1.82) is 0 Å². The third kappa shape index (κ3) is 1.93. The number of amides is 1. The average Bonchev–Trinajstić information content (AvgIpc) is 2.75. The van der Waals surface area contributed by atoms with Crippen molar-refractivity contribution in [2.75, 3.05) is 7.05 Å². The molecule has 3 aliphatic carbocycles. The van der Waals surface area contributed by atoms with E-state index in [1.54, 1.807) is 6.08 Å². The number of fused-ring (bicyclic) bond motifs is 5. The molecule has 3 nitrogen and oxygen atoms in total. The lowest BCUT2D eigenvalue weighted by molar-refractivity contribution is -0.141. The Morgan fingerprint density at radius 1 is 1.17 bits per heavy atom. The maximum absolute atomic E-state index is 12.7. The average molecular weight is 380 g/mol. The summed E-state index contributed by atoms with van der Waals surface area (Å²) in [5.41, 5.74) is -0.0566. The van der Waals surface area contributed by atoms with Crippen molar-refractivity contribution in [3.05, 3.63) is 12.2 Å². The number of hydrogen-bond donors (Lipinski definition) is 0. The number of likely N-dealkylation sites (N-methyl/N-ethyl adjacent to an activating group) is 1. The second kappa shape index (κ2) is 4.93. The molecule has 3 fully saturated rings. The van der Waals surface area contributed by atoms with Crippen molar-refractivity contribution in [2.45, 2.75) is 56.8 Å². The molecule has 1 amide bonds. The fraction of sp³-hybridized carbons (Fsp3) is 0.789. The number of ketones is 1. The first-order valence-electron chi connectivity index (χ1n) is 8.93. The molecule has 4 heteroatoms. The van der Waals surface area contributed by atoms with E-state index in [4.69, 9.17) is 0 Å². The van der Waals surface area contributed by atoms with E-state index in [9.17, 15) is 9.59 Å². The summed E-state index contributed by atoms with van der Waals surface area (Å²) in [5.74, 6) is 2.29. The Hall–Kier alpha value is -0.640. The van der Waals surface area contributed by atoms with Crippen LogP contribution in [0.5, 0.6) is 0 Å². The van der Waals surface area contributed by atoms with E-state index in [0.29, 0.717) is 29.6 Å². The van der Waals surface area contributed by atoms with Gasteiger partial charge in [-0.25, -0.2) is 0 Å². The smallest absolute Gasteiger partial charge is 0.246 e. The largest absolute Gasteiger partial charge is 0.338 e. The van der Waals surface area contributed by atoms with E-state index in [2.05, 4.69) is 35.9 Å². The van der Waals surface area contributed by atoms with Crippen LogP contribution in [0.2, 0.25) is 0 Å². The van der Waals surface area contributed by atoms with E-state index < -0.39 is 0 Å². The van der Waals surface area contributed by atoms with Crippen LogP contribution in [0.1, 0.15) is 46.0 Å². The van der Waals surface area contributed by atoms with Gasteiger partial charge < -0.3 is 4.90 Å². The quantitative estimate of drug-likeness (QED) is 0.603. The number of nitrogens with zero attached hydrogens (tertiary/aromatic N) is 1. The molecule has 0 aromatic heterocycles. The van der Waals surface area contributed by atoms with Crippen LogP contribution in [0.25, 0.3) is 0 Å². The van der Waals surface area contributed by atoms with Gasteiger partial charge in [0.1, 0.15) is 0 Å². The van der Waals surface area contributed by atoms with Gasteiger partial charge in [-0.05, 0) is 55.9 Å². The number of halogens is 1. The molecule has 23 heavy (non-hydrogen) atoms. The summed E-state index contributed by atoms with van der Waals surface area (Å²) in [6, 6.07) is 0.322. The van der Waals surface area contributed by atoms with Gasteiger partial charge in [-0.2, -0.15) is 0 Å². The van der Waals surface area contributed by atoms with E-state index in [0.717, 1.165) is 32.1 Å². The Labute approximate surface area is 147 Å². The molecule has 126 valence electrons. The summed E-state index contributed by atoms with van der Waals surface area (Å²) in [6.07, 6.45) is 9.31. The topological polar surface area (TPSA) is 37.4 Å². The van der Waals surface area contributed by atoms with Gasteiger partial charge in [0, 0.05) is 23.9 Å². The number of alkyl halides is 1. The maximum Gasteiger partial charge on any atom is 0.246 e. The molecule has 0 saturated heterocycles. The molecular weight excluding hydrogens is 354 g/mol. The van der Waals surface area contributed by atoms with Gasteiger partial charge in [-0.15, -0.1) is 0 Å². The van der Waals surface area contributed by atoms with Gasteiger partial charge in [-0.3, -0.25) is 9.59 Å². The van der Waals surface area contributed by atoms with E-state index in [-0.39, 0.29) is 21.6 Å². The van der Waals surface area contributed by atoms with Gasteiger partial charge in [0.25, 0.3) is 0 Å². The van der Waals surface area contributed by atoms with Crippen molar-refractivity contribution >= 4 is 27.6 Å². The minimum atomic E-state index is -0.126. The van der Waals surface area contributed by atoms with Crippen LogP contribution >= 0.6 is 15.9 Å². The Morgan fingerprint density at radius 3 is 2.65 bits per heavy atom. The van der Waals surface area contributed by atoms with Gasteiger partial charge in [0.2, 0.25) is 5.91 Å². The molecule has 4 aliphatic rings. The molecule has 0 bridgehead atoms. The van der Waals surface area contributed by atoms with Gasteiger partial charge in [-0.1, -0.05) is 35.9 Å². The van der Waals surface area contributed by atoms with E-state index in [1.807, 2.05) is 11.9 Å². The van der Waals surface area contributed by atoms with E-state index in [1.165, 1.54) is 0 Å². The van der Waals surface area contributed by atoms with Crippen molar-refractivity contribution in [2.24, 2.45) is 28.6 Å². The number of Topliss-reactive ketones (excluding diaryl/α,β-unsaturated/α-hetero) is 1. The molecular formula is C19H26BrNO2. The third-order valence-corrected chi connectivity index (χ3v) is 8.62. The first kappa shape index (κ1) is 15.9. The Balaban J connectivity index is 1.71. The lowest BCUT2D eigenvalue weighted by Gasteiger charge is -2.59. The zero-order chi connectivity index (χ0) is 16.6. The van der Waals surface area contributed by atoms with Crippen LogP contribution in [-0.4, -0.2) is 34.5 Å². The van der Waals surface area contributed by atoms with Gasteiger partial charge >= 0.3 is 0 Å². The molecule has 1 heterocycles. The predicted octanol–water partition coefficient (Wildman–Crippen LogP) is 3.57. The molecule has 2 unspecified atom stereocenters. The standard InChI is InChI=1S/C19H26BrNO2/c1-18-9-7-16(22)21(3)15(18)5-4-11-12(18)6-8-19(2)13(11)10-14(20)17(19)23/h7,9,11-15H,4-6,8,10H2,1-3H3/t11?,12?,13-,14+,15+,18+,19-/m0/s1. The van der Waals surface area contributed by atoms with Crippen molar-refractivity contribution in [1.82, 2.24) is 4.90 Å². The maximum atomic E-state index is 12.7. The highest BCUT2D eigenvalue weighted by Gasteiger charge is 2.62. The lowest BCUT2D eigenvalue weighted by atomic mass is 9.48. The zero-order valence-corrected chi connectivity index (χ0v) is 15.8. The van der Waals surface area contributed by atoms with Crippen molar-refractivity contribution in [3.8, 4) is 0 Å². The summed E-state index contributed by atoms with van der Waals surface area (Å²) in [5, 5.41) is 0. The highest BCUT2D eigenvalue weighted by atomic mass is 79.9. The molecule has 0 radical (unpaired) electrons. The van der Waals surface area contributed by atoms with Crippen molar-refractivity contribution < 1.29 is 9.59 Å². The first-order valence-corrected chi connectivity index (χ1v) is 9.85. The van der Waals surface area contributed by atoms with Crippen LogP contribution in [0.4, 0.5) is 0 Å². The fourth-order valence-corrected chi connectivity index (χ4v) is 7.41. The molecule has 0 aromatic carbocycles. The Morgan fingerprint density at radius 2 is 1.91 bits per heavy atom. The lowest BCUT2D eigenvalue weighted by Crippen LogP contribution is -2.59. The SMILES string of the molecule is CN1C(=O)C=C[C@]2(C)C3CC[C@]4(C)C(=O)[C@H](Br)C[C@H]4C3CC[C@@H]12. The highest BCUT2D eigenvalue weighted by Crippen LogP contribution is 2.63. The Bertz CT molecular complexity index is 602. The first-order chi connectivity index (χ1) is 10.8. The van der Waals surface area contributed by atoms with Crippen LogP contribution in [0.15, 0.2) is 12.2 Å². The van der Waals surface area contributed by atoms with E-state index >= 15 is 0 Å². The normalized spacial score (nSPS) is 52.2.